The minimum Gasteiger partial charge on any atom is -0.451 e. The normalized spacial score (nSPS) is 22.0. The summed E-state index contributed by atoms with van der Waals surface area (Å²) in [4.78, 5) is 57.7. The largest absolute Gasteiger partial charge is 0.451 e. The number of β-lactam (4-membered cyclic amide) rings is 1. The third-order valence-electron chi connectivity index (χ3n) is 7.97. The van der Waals surface area contributed by atoms with E-state index in [1.165, 1.54) is 22.7 Å². The van der Waals surface area contributed by atoms with Gasteiger partial charge in [-0.3, -0.25) is 9.59 Å². The first-order chi connectivity index (χ1) is 22.1. The number of thioether (sulfide) groups is 1. The second-order valence-corrected chi connectivity index (χ2v) is 13.3. The van der Waals surface area contributed by atoms with Crippen LogP contribution in [0.3, 0.4) is 0 Å². The van der Waals surface area contributed by atoms with Crippen LogP contribution < -0.4 is 16.2 Å². The van der Waals surface area contributed by atoms with Crippen molar-refractivity contribution >= 4 is 35.3 Å². The highest BCUT2D eigenvalue weighted by Crippen LogP contribution is 2.46. The maximum absolute atomic E-state index is 14.6. The molecule has 0 saturated carbocycles. The van der Waals surface area contributed by atoms with Gasteiger partial charge in [-0.05, 0) is 73.0 Å². The second-order valence-electron chi connectivity index (χ2n) is 12.4. The van der Waals surface area contributed by atoms with Gasteiger partial charge in [-0.2, -0.15) is 0 Å². The molecular formula is C35H36N4O6S. The summed E-state index contributed by atoms with van der Waals surface area (Å²) in [5.74, 6) is -1.04. The van der Waals surface area contributed by atoms with Crippen LogP contribution in [0.4, 0.5) is 4.79 Å². The minimum absolute atomic E-state index is 0.280. The fourth-order valence-corrected chi connectivity index (χ4v) is 7.22. The van der Waals surface area contributed by atoms with Gasteiger partial charge >= 0.3 is 12.1 Å². The van der Waals surface area contributed by atoms with Crippen molar-refractivity contribution < 1.29 is 23.9 Å². The van der Waals surface area contributed by atoms with E-state index in [9.17, 15) is 19.2 Å². The predicted octanol–water partition coefficient (Wildman–Crippen LogP) is 4.52. The molecule has 4 heterocycles. The van der Waals surface area contributed by atoms with Gasteiger partial charge in [0, 0.05) is 24.4 Å². The lowest BCUT2D eigenvalue weighted by molar-refractivity contribution is -0.164. The van der Waals surface area contributed by atoms with Crippen molar-refractivity contribution in [3.05, 3.63) is 123 Å². The summed E-state index contributed by atoms with van der Waals surface area (Å²) in [6.45, 7) is 6.55. The molecule has 6 rings (SSSR count). The van der Waals surface area contributed by atoms with Gasteiger partial charge in [-0.1, -0.05) is 60.7 Å². The Morgan fingerprint density at radius 3 is 2.26 bits per heavy atom. The zero-order valence-electron chi connectivity index (χ0n) is 25.8. The molecule has 0 radical (unpaired) electrons. The number of nitrogens with zero attached hydrogens (tertiary/aromatic N) is 1. The molecule has 3 atom stereocenters. The van der Waals surface area contributed by atoms with Crippen LogP contribution in [0.25, 0.3) is 5.57 Å². The fourth-order valence-electron chi connectivity index (χ4n) is 5.99. The summed E-state index contributed by atoms with van der Waals surface area (Å²) in [6.07, 6.45) is 0.837. The molecule has 11 heteroatoms. The molecule has 10 nitrogen and oxygen atoms in total. The number of carbonyl (C=O) groups is 3. The Bertz CT molecular complexity index is 1700. The Kier molecular flexibility index (Phi) is 8.88. The Balaban J connectivity index is 1.41. The van der Waals surface area contributed by atoms with Crippen LogP contribution in [0, 0.1) is 0 Å². The molecule has 3 aromatic rings. The van der Waals surface area contributed by atoms with Gasteiger partial charge in [-0.15, -0.1) is 11.8 Å². The topological polar surface area (TPSA) is 130 Å². The van der Waals surface area contributed by atoms with E-state index in [0.29, 0.717) is 24.1 Å². The molecule has 46 heavy (non-hydrogen) atoms. The Labute approximate surface area is 271 Å². The number of aromatic nitrogens is 1. The standard InChI is InChI=1S/C35H36N4O6S/c1-35(2,3)45-34(43)38-28-31(41)39-29(33(42)44-30(21-10-6-4-7-11-21)22-12-8-5-9-13-22)25(20-46-32(28)39)27(24-14-16-36-19-24)23-15-17-37-26(40)18-23/h4-13,15,17-18,20,28-30,32,36H,14,16,19H2,1-3H3,(H,37,40)(H,38,43)/b27-24+/t28-,29-,32-/m1/s1. The van der Waals surface area contributed by atoms with Crippen LogP contribution in [0.1, 0.15) is 50.0 Å². The molecule has 0 aliphatic carbocycles. The monoisotopic (exact) mass is 640 g/mol. The number of hydrogen-bond acceptors (Lipinski definition) is 8. The van der Waals surface area contributed by atoms with E-state index in [4.69, 9.17) is 9.47 Å². The van der Waals surface area contributed by atoms with Crippen molar-refractivity contribution in [2.24, 2.45) is 0 Å². The lowest BCUT2D eigenvalue weighted by Gasteiger charge is -2.52. The molecule has 2 aromatic carbocycles. The van der Waals surface area contributed by atoms with Crippen molar-refractivity contribution in [3.8, 4) is 0 Å². The maximum atomic E-state index is 14.6. The zero-order chi connectivity index (χ0) is 32.4. The van der Waals surface area contributed by atoms with Crippen LogP contribution in [0.15, 0.2) is 100 Å². The lowest BCUT2D eigenvalue weighted by Crippen LogP contribution is -2.74. The molecule has 1 aromatic heterocycles. The number of ether oxygens (including phenoxy) is 2. The number of rotatable bonds is 7. The fraction of sp³-hybridized carbons (Fsp3) is 0.314. The van der Waals surface area contributed by atoms with E-state index in [1.54, 1.807) is 33.0 Å². The van der Waals surface area contributed by atoms with Crippen molar-refractivity contribution in [1.29, 1.82) is 0 Å². The van der Waals surface area contributed by atoms with E-state index in [2.05, 4.69) is 15.6 Å². The van der Waals surface area contributed by atoms with Crippen LogP contribution in [-0.2, 0) is 19.1 Å². The zero-order valence-corrected chi connectivity index (χ0v) is 26.6. The molecule has 3 N–H and O–H groups in total. The number of hydrogen-bond donors (Lipinski definition) is 3. The van der Waals surface area contributed by atoms with E-state index < -0.39 is 47.1 Å². The van der Waals surface area contributed by atoms with Crippen molar-refractivity contribution in [2.45, 2.75) is 56.4 Å². The summed E-state index contributed by atoms with van der Waals surface area (Å²) in [7, 11) is 0. The third kappa shape index (κ3) is 6.52. The van der Waals surface area contributed by atoms with Crippen molar-refractivity contribution in [3.63, 3.8) is 0 Å². The van der Waals surface area contributed by atoms with Gasteiger partial charge in [-0.25, -0.2) is 9.59 Å². The van der Waals surface area contributed by atoms with E-state index in [1.807, 2.05) is 66.1 Å². The number of fused-ring (bicyclic) bond motifs is 1. The smallest absolute Gasteiger partial charge is 0.408 e. The van der Waals surface area contributed by atoms with Crippen LogP contribution in [0.5, 0.6) is 0 Å². The van der Waals surface area contributed by atoms with Gasteiger partial charge < -0.3 is 30.0 Å². The van der Waals surface area contributed by atoms with Gasteiger partial charge in [0.05, 0.1) is 0 Å². The SMILES string of the molecule is CC(C)(C)OC(=O)N[C@@H]1C(=O)N2[C@@H](C(=O)OC(c3ccccc3)c3ccccc3)C(/C(=C3\CCNC3)c3cc[nH]c(=O)c3)=CS[C@H]12. The summed E-state index contributed by atoms with van der Waals surface area (Å²) in [5.41, 5.74) is 3.50. The van der Waals surface area contributed by atoms with Gasteiger partial charge in [0.2, 0.25) is 11.5 Å². The maximum Gasteiger partial charge on any atom is 0.408 e. The molecular weight excluding hydrogens is 604 g/mol. The number of amides is 2. The van der Waals surface area contributed by atoms with Crippen molar-refractivity contribution in [2.75, 3.05) is 13.1 Å². The quantitative estimate of drug-likeness (QED) is 0.254. The molecule has 0 unspecified atom stereocenters. The number of nitrogens with one attached hydrogen (secondary N) is 3. The number of esters is 1. The van der Waals surface area contributed by atoms with Crippen LogP contribution in [-0.4, -0.2) is 64.0 Å². The first kappa shape index (κ1) is 31.4. The number of H-pyrrole nitrogens is 1. The number of carbonyl (C=O) groups excluding carboxylic acids is 3. The average molecular weight is 641 g/mol. The van der Waals surface area contributed by atoms with Gasteiger partial charge in [0.25, 0.3) is 0 Å². The molecule has 0 spiro atoms. The summed E-state index contributed by atoms with van der Waals surface area (Å²) in [5, 5.41) is 7.34. The Morgan fingerprint density at radius 1 is 1.00 bits per heavy atom. The highest BCUT2D eigenvalue weighted by atomic mass is 32.2. The summed E-state index contributed by atoms with van der Waals surface area (Å²) >= 11 is 1.34. The predicted molar refractivity (Wildman–Crippen MR) is 176 cm³/mol. The third-order valence-corrected chi connectivity index (χ3v) is 9.14. The molecule has 238 valence electrons. The summed E-state index contributed by atoms with van der Waals surface area (Å²) < 4.78 is 11.8. The second kappa shape index (κ2) is 13.0. The number of alkyl carbamates (subject to hydrolysis) is 1. The van der Waals surface area contributed by atoms with Gasteiger partial charge in [0.15, 0.2) is 12.1 Å². The van der Waals surface area contributed by atoms with E-state index in [0.717, 1.165) is 28.8 Å². The Hall–Kier alpha value is -4.61. The van der Waals surface area contributed by atoms with Crippen LogP contribution in [0.2, 0.25) is 0 Å². The van der Waals surface area contributed by atoms with Crippen molar-refractivity contribution in [1.82, 2.24) is 20.5 Å². The van der Waals surface area contributed by atoms with E-state index >= 15 is 0 Å². The highest BCUT2D eigenvalue weighted by Gasteiger charge is 2.57. The van der Waals surface area contributed by atoms with Gasteiger partial charge in [0.1, 0.15) is 17.0 Å². The molecule has 0 bridgehead atoms. The number of aromatic amines is 1. The summed E-state index contributed by atoms with van der Waals surface area (Å²) in [6, 6.07) is 20.2. The molecule has 2 fully saturated rings. The average Bonchev–Trinajstić information content (AvgIpc) is 3.57. The minimum atomic E-state index is -1.13. The highest BCUT2D eigenvalue weighted by molar-refractivity contribution is 8.03. The first-order valence-electron chi connectivity index (χ1n) is 15.2. The molecule has 3 aliphatic rings. The number of benzene rings is 2. The lowest BCUT2D eigenvalue weighted by atomic mass is 9.86. The molecule has 3 aliphatic heterocycles. The van der Waals surface area contributed by atoms with E-state index in [-0.39, 0.29) is 5.56 Å². The van der Waals surface area contributed by atoms with Crippen LogP contribution >= 0.6 is 11.8 Å². The Morgan fingerprint density at radius 2 is 1.67 bits per heavy atom. The first-order valence-corrected chi connectivity index (χ1v) is 16.1. The molecule has 2 amide bonds. The molecule has 2 saturated heterocycles. The number of pyridine rings is 1.